The Bertz CT molecular complexity index is 446. The van der Waals surface area contributed by atoms with Gasteiger partial charge in [0.15, 0.2) is 0 Å². The number of carboxylic acid groups (broad SMARTS) is 1. The zero-order chi connectivity index (χ0) is 14.0. The summed E-state index contributed by atoms with van der Waals surface area (Å²) in [4.78, 5) is 10.7. The molecule has 1 fully saturated rings. The lowest BCUT2D eigenvalue weighted by Gasteiger charge is -2.31. The van der Waals surface area contributed by atoms with Crippen molar-refractivity contribution in [3.63, 3.8) is 0 Å². The van der Waals surface area contributed by atoms with Gasteiger partial charge in [0.25, 0.3) is 0 Å². The lowest BCUT2D eigenvalue weighted by molar-refractivity contribution is -0.138. The maximum Gasteiger partial charge on any atom is 0.320 e. The summed E-state index contributed by atoms with van der Waals surface area (Å²) in [5, 5.41) is 16.9. The highest BCUT2D eigenvalue weighted by Gasteiger charge is 2.26. The van der Waals surface area contributed by atoms with E-state index in [0.717, 1.165) is 18.8 Å². The Labute approximate surface area is 113 Å². The molecular formula is C13H22N4O2. The monoisotopic (exact) mass is 266 g/mol. The Balaban J connectivity index is 1.99. The second-order valence-corrected chi connectivity index (χ2v) is 5.76. The van der Waals surface area contributed by atoms with E-state index in [1.165, 1.54) is 6.42 Å². The molecule has 4 atom stereocenters. The Hall–Kier alpha value is -1.43. The van der Waals surface area contributed by atoms with Crippen LogP contribution in [0.2, 0.25) is 0 Å². The lowest BCUT2D eigenvalue weighted by Crippen LogP contribution is -2.32. The summed E-state index contributed by atoms with van der Waals surface area (Å²) >= 11 is 0. The molecule has 4 unspecified atom stereocenters. The first-order chi connectivity index (χ1) is 8.97. The van der Waals surface area contributed by atoms with Crippen molar-refractivity contribution in [2.75, 3.05) is 0 Å². The third-order valence-electron chi connectivity index (χ3n) is 4.25. The first-order valence-electron chi connectivity index (χ1n) is 6.86. The minimum atomic E-state index is -1.00. The molecule has 6 heteroatoms. The molecule has 0 saturated heterocycles. The van der Waals surface area contributed by atoms with Crippen LogP contribution in [0.25, 0.3) is 0 Å². The molecule has 3 N–H and O–H groups in total. The van der Waals surface area contributed by atoms with E-state index >= 15 is 0 Å². The highest BCUT2D eigenvalue weighted by Crippen LogP contribution is 2.35. The Morgan fingerprint density at radius 1 is 1.53 bits per heavy atom. The molecule has 0 amide bonds. The van der Waals surface area contributed by atoms with E-state index in [9.17, 15) is 4.79 Å². The Kier molecular flexibility index (Phi) is 4.19. The largest absolute Gasteiger partial charge is 0.480 e. The molecule has 1 aliphatic carbocycles. The van der Waals surface area contributed by atoms with E-state index in [1.807, 2.05) is 10.9 Å². The summed E-state index contributed by atoms with van der Waals surface area (Å²) in [5.41, 5.74) is 6.15. The number of aliphatic carboxylic acids is 1. The molecule has 1 aliphatic rings. The maximum atomic E-state index is 10.7. The van der Waals surface area contributed by atoms with E-state index in [0.29, 0.717) is 17.7 Å². The molecule has 106 valence electrons. The quantitative estimate of drug-likeness (QED) is 0.854. The van der Waals surface area contributed by atoms with Crippen molar-refractivity contribution >= 4 is 5.97 Å². The van der Waals surface area contributed by atoms with Gasteiger partial charge in [-0.15, -0.1) is 5.10 Å². The number of hydrogen-bond donors (Lipinski definition) is 2. The van der Waals surface area contributed by atoms with Gasteiger partial charge in [-0.3, -0.25) is 4.79 Å². The third-order valence-corrected chi connectivity index (χ3v) is 4.25. The summed E-state index contributed by atoms with van der Waals surface area (Å²) in [6, 6.07) is -0.524. The molecule has 0 aromatic carbocycles. The van der Waals surface area contributed by atoms with Crippen LogP contribution < -0.4 is 5.73 Å². The molecule has 0 spiro atoms. The van der Waals surface area contributed by atoms with Gasteiger partial charge in [0.1, 0.15) is 6.04 Å². The van der Waals surface area contributed by atoms with E-state index in [4.69, 9.17) is 10.8 Å². The molecule has 1 aromatic heterocycles. The third kappa shape index (κ3) is 3.32. The van der Waals surface area contributed by atoms with E-state index in [2.05, 4.69) is 24.2 Å². The number of rotatable bonds is 4. The number of carboxylic acids is 1. The second kappa shape index (κ2) is 5.69. The van der Waals surface area contributed by atoms with Crippen molar-refractivity contribution in [3.8, 4) is 0 Å². The van der Waals surface area contributed by atoms with Crippen LogP contribution in [0.5, 0.6) is 0 Å². The van der Waals surface area contributed by atoms with Crippen LogP contribution in [0.3, 0.4) is 0 Å². The number of nitrogens with zero attached hydrogens (tertiary/aromatic N) is 3. The van der Waals surface area contributed by atoms with Crippen molar-refractivity contribution in [3.05, 3.63) is 11.9 Å². The van der Waals surface area contributed by atoms with Gasteiger partial charge >= 0.3 is 5.97 Å². The SMILES string of the molecule is CC1CCC(n2cc(CC(N)C(=O)O)nn2)CC1C. The van der Waals surface area contributed by atoms with Gasteiger partial charge in [-0.2, -0.15) is 0 Å². The van der Waals surface area contributed by atoms with Crippen LogP contribution in [-0.4, -0.2) is 32.1 Å². The van der Waals surface area contributed by atoms with Crippen molar-refractivity contribution in [2.45, 2.75) is 51.6 Å². The molecule has 0 bridgehead atoms. The molecule has 0 aliphatic heterocycles. The van der Waals surface area contributed by atoms with Crippen LogP contribution >= 0.6 is 0 Å². The van der Waals surface area contributed by atoms with Crippen molar-refractivity contribution in [1.82, 2.24) is 15.0 Å². The molecule has 1 heterocycles. The molecular weight excluding hydrogens is 244 g/mol. The van der Waals surface area contributed by atoms with Gasteiger partial charge in [-0.1, -0.05) is 19.1 Å². The molecule has 19 heavy (non-hydrogen) atoms. The van der Waals surface area contributed by atoms with E-state index < -0.39 is 12.0 Å². The van der Waals surface area contributed by atoms with Crippen LogP contribution in [-0.2, 0) is 11.2 Å². The smallest absolute Gasteiger partial charge is 0.320 e. The van der Waals surface area contributed by atoms with Crippen LogP contribution in [0.4, 0.5) is 0 Å². The number of carbonyl (C=O) groups is 1. The highest BCUT2D eigenvalue weighted by atomic mass is 16.4. The zero-order valence-corrected chi connectivity index (χ0v) is 11.5. The molecule has 1 aromatic rings. The minimum absolute atomic E-state index is 0.230. The predicted molar refractivity (Wildman–Crippen MR) is 70.6 cm³/mol. The second-order valence-electron chi connectivity index (χ2n) is 5.76. The fourth-order valence-corrected chi connectivity index (χ4v) is 2.66. The van der Waals surface area contributed by atoms with E-state index in [1.54, 1.807) is 0 Å². The topological polar surface area (TPSA) is 94.0 Å². The van der Waals surface area contributed by atoms with Gasteiger partial charge in [0.2, 0.25) is 0 Å². The Morgan fingerprint density at radius 2 is 2.26 bits per heavy atom. The summed E-state index contributed by atoms with van der Waals surface area (Å²) in [7, 11) is 0. The summed E-state index contributed by atoms with van der Waals surface area (Å²) in [6.07, 6.45) is 5.49. The average Bonchev–Trinajstić information content (AvgIpc) is 2.81. The van der Waals surface area contributed by atoms with Crippen molar-refractivity contribution < 1.29 is 9.90 Å². The fourth-order valence-electron chi connectivity index (χ4n) is 2.66. The lowest BCUT2D eigenvalue weighted by atomic mass is 9.79. The molecule has 0 radical (unpaired) electrons. The van der Waals surface area contributed by atoms with Gasteiger partial charge in [-0.25, -0.2) is 4.68 Å². The average molecular weight is 266 g/mol. The molecule has 6 nitrogen and oxygen atoms in total. The van der Waals surface area contributed by atoms with E-state index in [-0.39, 0.29) is 6.42 Å². The fraction of sp³-hybridized carbons (Fsp3) is 0.769. The van der Waals surface area contributed by atoms with Crippen LogP contribution in [0.1, 0.15) is 44.8 Å². The van der Waals surface area contributed by atoms with Gasteiger partial charge in [0, 0.05) is 12.6 Å². The molecule has 1 saturated carbocycles. The molecule has 2 rings (SSSR count). The number of nitrogens with two attached hydrogens (primary N) is 1. The van der Waals surface area contributed by atoms with Crippen LogP contribution in [0, 0.1) is 11.8 Å². The maximum absolute atomic E-state index is 10.7. The van der Waals surface area contributed by atoms with Gasteiger partial charge in [-0.05, 0) is 31.1 Å². The summed E-state index contributed by atoms with van der Waals surface area (Å²) in [6.45, 7) is 4.56. The van der Waals surface area contributed by atoms with Crippen LogP contribution in [0.15, 0.2) is 6.20 Å². The first-order valence-corrected chi connectivity index (χ1v) is 6.86. The Morgan fingerprint density at radius 3 is 2.89 bits per heavy atom. The summed E-state index contributed by atoms with van der Waals surface area (Å²) < 4.78 is 1.88. The predicted octanol–water partition coefficient (Wildman–Crippen LogP) is 1.23. The van der Waals surface area contributed by atoms with Gasteiger partial charge in [0.05, 0.1) is 11.7 Å². The van der Waals surface area contributed by atoms with Crippen molar-refractivity contribution in [1.29, 1.82) is 0 Å². The van der Waals surface area contributed by atoms with Crippen molar-refractivity contribution in [2.24, 2.45) is 17.6 Å². The van der Waals surface area contributed by atoms with Gasteiger partial charge < -0.3 is 10.8 Å². The normalized spacial score (nSPS) is 29.1. The minimum Gasteiger partial charge on any atom is -0.480 e. The number of aromatic nitrogens is 3. The highest BCUT2D eigenvalue weighted by molar-refractivity contribution is 5.73. The zero-order valence-electron chi connectivity index (χ0n) is 11.5. The summed E-state index contributed by atoms with van der Waals surface area (Å²) in [5.74, 6) is 0.446. The first kappa shape index (κ1) is 14.0. The standard InChI is InChI=1S/C13H22N4O2/c1-8-3-4-11(5-9(8)2)17-7-10(15-16-17)6-12(14)13(18)19/h7-9,11-12H,3-6,14H2,1-2H3,(H,18,19). The number of hydrogen-bond acceptors (Lipinski definition) is 4.